The fraction of sp³-hybridized carbons (Fsp3) is 0.160. The van der Waals surface area contributed by atoms with Gasteiger partial charge in [-0.15, -0.1) is 0 Å². The molecule has 0 aliphatic heterocycles. The molecule has 176 valence electrons. The summed E-state index contributed by atoms with van der Waals surface area (Å²) in [5.74, 6) is -0.724. The SMILES string of the molecule is COc1cc(C=NNC(=O)C(=O)Nc2c(C)cccc2C)ccc1OCc1ccc(Cl)cc1Cl. The van der Waals surface area contributed by atoms with E-state index >= 15 is 0 Å². The molecule has 3 rings (SSSR count). The summed E-state index contributed by atoms with van der Waals surface area (Å²) in [7, 11) is 1.51. The van der Waals surface area contributed by atoms with Gasteiger partial charge in [0.05, 0.1) is 13.3 Å². The van der Waals surface area contributed by atoms with E-state index in [0.717, 1.165) is 16.7 Å². The molecule has 0 heterocycles. The zero-order valence-corrected chi connectivity index (χ0v) is 20.3. The maximum absolute atomic E-state index is 12.2. The van der Waals surface area contributed by atoms with Crippen molar-refractivity contribution in [2.45, 2.75) is 20.5 Å². The number of ether oxygens (including phenoxy) is 2. The van der Waals surface area contributed by atoms with E-state index in [1.54, 1.807) is 36.4 Å². The molecule has 2 N–H and O–H groups in total. The van der Waals surface area contributed by atoms with Crippen molar-refractivity contribution in [3.8, 4) is 11.5 Å². The number of para-hydroxylation sites is 1. The van der Waals surface area contributed by atoms with Crippen molar-refractivity contribution in [2.24, 2.45) is 5.10 Å². The lowest BCUT2D eigenvalue weighted by Crippen LogP contribution is -2.32. The standard InChI is InChI=1S/C25H23Cl2N3O4/c1-15-5-4-6-16(2)23(15)29-24(31)25(32)30-28-13-17-7-10-21(22(11-17)33-3)34-14-18-8-9-19(26)12-20(18)27/h4-13H,14H2,1-3H3,(H,29,31)(H,30,32). The van der Waals surface area contributed by atoms with Crippen LogP contribution in [0, 0.1) is 13.8 Å². The van der Waals surface area contributed by atoms with Crippen molar-refractivity contribution < 1.29 is 19.1 Å². The van der Waals surface area contributed by atoms with Crippen molar-refractivity contribution in [3.63, 3.8) is 0 Å². The van der Waals surface area contributed by atoms with E-state index in [-0.39, 0.29) is 6.61 Å². The number of hydrogen-bond acceptors (Lipinski definition) is 5. The Morgan fingerprint density at radius 3 is 2.38 bits per heavy atom. The first kappa shape index (κ1) is 25.1. The predicted molar refractivity (Wildman–Crippen MR) is 134 cm³/mol. The molecule has 0 spiro atoms. The minimum atomic E-state index is -0.884. The van der Waals surface area contributed by atoms with Crippen LogP contribution in [0.3, 0.4) is 0 Å². The lowest BCUT2D eigenvalue weighted by Gasteiger charge is -2.12. The van der Waals surface area contributed by atoms with E-state index in [2.05, 4.69) is 15.8 Å². The summed E-state index contributed by atoms with van der Waals surface area (Å²) in [5, 5.41) is 7.52. The largest absolute Gasteiger partial charge is 0.493 e. The molecule has 0 aliphatic carbocycles. The molecule has 3 aromatic carbocycles. The van der Waals surface area contributed by atoms with Gasteiger partial charge in [0.15, 0.2) is 11.5 Å². The first-order chi connectivity index (χ1) is 16.3. The molecule has 0 bridgehead atoms. The second kappa shape index (κ2) is 11.5. The molecule has 0 aromatic heterocycles. The van der Waals surface area contributed by atoms with Gasteiger partial charge in [-0.2, -0.15) is 5.10 Å². The zero-order chi connectivity index (χ0) is 24.7. The maximum atomic E-state index is 12.2. The molecule has 7 nitrogen and oxygen atoms in total. The normalized spacial score (nSPS) is 10.7. The fourth-order valence-electron chi connectivity index (χ4n) is 3.08. The number of methoxy groups -OCH3 is 1. The number of anilines is 1. The molecule has 0 aliphatic rings. The Hall–Kier alpha value is -3.55. The third-order valence-corrected chi connectivity index (χ3v) is 5.48. The van der Waals surface area contributed by atoms with Crippen LogP contribution in [0.5, 0.6) is 11.5 Å². The van der Waals surface area contributed by atoms with Gasteiger partial charge < -0.3 is 14.8 Å². The van der Waals surface area contributed by atoms with Crippen molar-refractivity contribution >= 4 is 46.9 Å². The number of aryl methyl sites for hydroxylation is 2. The molecule has 3 aromatic rings. The summed E-state index contributed by atoms with van der Waals surface area (Å²) >= 11 is 12.1. The molecule has 9 heteroatoms. The number of nitrogens with zero attached hydrogens (tertiary/aromatic N) is 1. The van der Waals surface area contributed by atoms with Gasteiger partial charge in [-0.3, -0.25) is 9.59 Å². The van der Waals surface area contributed by atoms with Crippen LogP contribution in [-0.2, 0) is 16.2 Å². The Balaban J connectivity index is 1.60. The summed E-state index contributed by atoms with van der Waals surface area (Å²) in [5.41, 5.74) is 5.95. The van der Waals surface area contributed by atoms with Crippen LogP contribution < -0.4 is 20.2 Å². The number of nitrogens with one attached hydrogen (secondary N) is 2. The zero-order valence-electron chi connectivity index (χ0n) is 18.8. The molecule has 0 atom stereocenters. The van der Waals surface area contributed by atoms with E-state index in [1.807, 2.05) is 32.0 Å². The van der Waals surface area contributed by atoms with Crippen LogP contribution in [-0.4, -0.2) is 25.1 Å². The van der Waals surface area contributed by atoms with E-state index in [0.29, 0.717) is 32.8 Å². The van der Waals surface area contributed by atoms with Gasteiger partial charge in [0.25, 0.3) is 0 Å². The van der Waals surface area contributed by atoms with Crippen LogP contribution in [0.4, 0.5) is 5.69 Å². The van der Waals surface area contributed by atoms with Crippen LogP contribution in [0.15, 0.2) is 59.7 Å². The van der Waals surface area contributed by atoms with Gasteiger partial charge in [-0.05, 0) is 60.9 Å². The van der Waals surface area contributed by atoms with Gasteiger partial charge in [0.2, 0.25) is 0 Å². The Kier molecular flexibility index (Phi) is 8.51. The minimum Gasteiger partial charge on any atom is -0.493 e. The van der Waals surface area contributed by atoms with E-state index < -0.39 is 11.8 Å². The lowest BCUT2D eigenvalue weighted by molar-refractivity contribution is -0.136. The monoisotopic (exact) mass is 499 g/mol. The fourth-order valence-corrected chi connectivity index (χ4v) is 3.54. The highest BCUT2D eigenvalue weighted by Gasteiger charge is 2.15. The lowest BCUT2D eigenvalue weighted by atomic mass is 10.1. The minimum absolute atomic E-state index is 0.228. The first-order valence-corrected chi connectivity index (χ1v) is 11.0. The highest BCUT2D eigenvalue weighted by atomic mass is 35.5. The summed E-state index contributed by atoms with van der Waals surface area (Å²) in [4.78, 5) is 24.3. The third kappa shape index (κ3) is 6.50. The van der Waals surface area contributed by atoms with E-state index in [9.17, 15) is 9.59 Å². The Morgan fingerprint density at radius 2 is 1.71 bits per heavy atom. The molecule has 34 heavy (non-hydrogen) atoms. The number of benzene rings is 3. The Labute approximate surface area is 207 Å². The molecule has 0 fully saturated rings. The Bertz CT molecular complexity index is 1220. The van der Waals surface area contributed by atoms with Crippen molar-refractivity contribution in [1.82, 2.24) is 5.43 Å². The third-order valence-electron chi connectivity index (χ3n) is 4.89. The van der Waals surface area contributed by atoms with Crippen molar-refractivity contribution in [2.75, 3.05) is 12.4 Å². The average molecular weight is 500 g/mol. The highest BCUT2D eigenvalue weighted by molar-refractivity contribution is 6.39. The summed E-state index contributed by atoms with van der Waals surface area (Å²) in [6.07, 6.45) is 1.40. The van der Waals surface area contributed by atoms with Crippen molar-refractivity contribution in [3.05, 3.63) is 86.9 Å². The average Bonchev–Trinajstić information content (AvgIpc) is 2.81. The second-order valence-corrected chi connectivity index (χ2v) is 8.20. The number of halogens is 2. The predicted octanol–water partition coefficient (Wildman–Crippen LogP) is 5.29. The van der Waals surface area contributed by atoms with Crippen molar-refractivity contribution in [1.29, 1.82) is 0 Å². The first-order valence-electron chi connectivity index (χ1n) is 10.2. The number of carbonyl (C=O) groups is 2. The molecule has 2 amide bonds. The van der Waals surface area contributed by atoms with Crippen LogP contribution >= 0.6 is 23.2 Å². The Morgan fingerprint density at radius 1 is 0.971 bits per heavy atom. The van der Waals surface area contributed by atoms with Crippen LogP contribution in [0.1, 0.15) is 22.3 Å². The molecule has 0 saturated heterocycles. The van der Waals surface area contributed by atoms with Crippen LogP contribution in [0.25, 0.3) is 0 Å². The van der Waals surface area contributed by atoms with Gasteiger partial charge >= 0.3 is 11.8 Å². The molecular weight excluding hydrogens is 477 g/mol. The maximum Gasteiger partial charge on any atom is 0.329 e. The molecular formula is C25H23Cl2N3O4. The van der Waals surface area contributed by atoms with Gasteiger partial charge in [-0.1, -0.05) is 47.5 Å². The van der Waals surface area contributed by atoms with E-state index in [1.165, 1.54) is 13.3 Å². The van der Waals surface area contributed by atoms with Gasteiger partial charge in [-0.25, -0.2) is 5.43 Å². The topological polar surface area (TPSA) is 89.0 Å². The van der Waals surface area contributed by atoms with Gasteiger partial charge in [0.1, 0.15) is 6.61 Å². The highest BCUT2D eigenvalue weighted by Crippen LogP contribution is 2.30. The number of rotatable bonds is 7. The number of amides is 2. The van der Waals surface area contributed by atoms with Gasteiger partial charge in [0, 0.05) is 21.3 Å². The second-order valence-electron chi connectivity index (χ2n) is 7.35. The quantitative estimate of drug-likeness (QED) is 0.262. The number of hydrogen-bond donors (Lipinski definition) is 2. The summed E-state index contributed by atoms with van der Waals surface area (Å²) in [6, 6.07) is 15.9. The number of carbonyl (C=O) groups excluding carboxylic acids is 2. The summed E-state index contributed by atoms with van der Waals surface area (Å²) in [6.45, 7) is 3.93. The number of hydrazone groups is 1. The molecule has 0 unspecified atom stereocenters. The van der Waals surface area contributed by atoms with Crippen LogP contribution in [0.2, 0.25) is 10.0 Å². The smallest absolute Gasteiger partial charge is 0.329 e. The molecule has 0 radical (unpaired) electrons. The van der Waals surface area contributed by atoms with E-state index in [4.69, 9.17) is 32.7 Å². The summed E-state index contributed by atoms with van der Waals surface area (Å²) < 4.78 is 11.2. The molecule has 0 saturated carbocycles.